The van der Waals surface area contributed by atoms with E-state index >= 15 is 0 Å². The predicted molar refractivity (Wildman–Crippen MR) is 70.2 cm³/mol. The van der Waals surface area contributed by atoms with Crippen molar-refractivity contribution in [3.63, 3.8) is 0 Å². The molecule has 0 spiro atoms. The van der Waals surface area contributed by atoms with Gasteiger partial charge in [0, 0.05) is 5.56 Å². The number of piperidine rings is 1. The summed E-state index contributed by atoms with van der Waals surface area (Å²) >= 11 is 0. The summed E-state index contributed by atoms with van der Waals surface area (Å²) in [7, 11) is 0. The highest BCUT2D eigenvalue weighted by molar-refractivity contribution is 5.72. The first-order chi connectivity index (χ1) is 8.79. The monoisotopic (exact) mass is 248 g/mol. The molecule has 0 bridgehead atoms. The Balaban J connectivity index is 1.89. The standard InChI is InChI=1S/C15H21NO2/c1-2-18-15(17)14-9-6-10-16(12-14)11-13-7-4-3-5-8-13/h3-5,7-8,14H,2,6,9-12H2,1H3/p+1. The molecule has 1 aromatic carbocycles. The van der Waals surface area contributed by atoms with Gasteiger partial charge in [-0.05, 0) is 19.8 Å². The highest BCUT2D eigenvalue weighted by Gasteiger charge is 2.29. The highest BCUT2D eigenvalue weighted by atomic mass is 16.5. The Kier molecular flexibility index (Phi) is 4.76. The molecule has 1 N–H and O–H groups in total. The summed E-state index contributed by atoms with van der Waals surface area (Å²) in [6.45, 7) is 5.44. The second kappa shape index (κ2) is 6.55. The highest BCUT2D eigenvalue weighted by Crippen LogP contribution is 2.10. The third-order valence-electron chi connectivity index (χ3n) is 3.53. The molecule has 1 aliphatic heterocycles. The van der Waals surface area contributed by atoms with E-state index < -0.39 is 0 Å². The van der Waals surface area contributed by atoms with Gasteiger partial charge >= 0.3 is 5.97 Å². The number of hydrogen-bond acceptors (Lipinski definition) is 2. The molecule has 1 heterocycles. The Labute approximate surface area is 109 Å². The smallest absolute Gasteiger partial charge is 0.314 e. The summed E-state index contributed by atoms with van der Waals surface area (Å²) in [5.41, 5.74) is 1.34. The Morgan fingerprint density at radius 3 is 2.89 bits per heavy atom. The van der Waals surface area contributed by atoms with Crippen molar-refractivity contribution in [3.8, 4) is 0 Å². The number of esters is 1. The minimum absolute atomic E-state index is 0.0113. The van der Waals surface area contributed by atoms with E-state index in [1.807, 2.05) is 13.0 Å². The van der Waals surface area contributed by atoms with Gasteiger partial charge < -0.3 is 9.64 Å². The zero-order valence-electron chi connectivity index (χ0n) is 11.0. The number of quaternary nitrogens is 1. The molecule has 0 aromatic heterocycles. The van der Waals surface area contributed by atoms with Crippen LogP contribution in [0.25, 0.3) is 0 Å². The molecule has 2 atom stereocenters. The van der Waals surface area contributed by atoms with Crippen LogP contribution in [0.2, 0.25) is 0 Å². The Morgan fingerprint density at radius 2 is 2.17 bits per heavy atom. The number of rotatable bonds is 4. The fourth-order valence-corrected chi connectivity index (χ4v) is 2.66. The van der Waals surface area contributed by atoms with Crippen LogP contribution in [0.1, 0.15) is 25.3 Å². The molecule has 1 aliphatic rings. The molecule has 18 heavy (non-hydrogen) atoms. The van der Waals surface area contributed by atoms with Crippen molar-refractivity contribution in [3.05, 3.63) is 35.9 Å². The number of hydrogen-bond donors (Lipinski definition) is 1. The molecule has 98 valence electrons. The molecule has 1 saturated heterocycles. The minimum Gasteiger partial charge on any atom is -0.466 e. The van der Waals surface area contributed by atoms with Crippen LogP contribution in [0.3, 0.4) is 0 Å². The molecule has 2 unspecified atom stereocenters. The van der Waals surface area contributed by atoms with Gasteiger partial charge in [-0.1, -0.05) is 30.3 Å². The largest absolute Gasteiger partial charge is 0.466 e. The van der Waals surface area contributed by atoms with Crippen molar-refractivity contribution < 1.29 is 14.4 Å². The maximum atomic E-state index is 11.8. The first-order valence-corrected chi connectivity index (χ1v) is 6.83. The average Bonchev–Trinajstić information content (AvgIpc) is 2.40. The summed E-state index contributed by atoms with van der Waals surface area (Å²) in [5, 5.41) is 0. The second-order valence-corrected chi connectivity index (χ2v) is 4.96. The lowest BCUT2D eigenvalue weighted by molar-refractivity contribution is -0.921. The number of nitrogens with one attached hydrogen (secondary N) is 1. The first-order valence-electron chi connectivity index (χ1n) is 6.83. The lowest BCUT2D eigenvalue weighted by Crippen LogP contribution is -3.12. The van der Waals surface area contributed by atoms with Gasteiger partial charge in [0.25, 0.3) is 0 Å². The zero-order chi connectivity index (χ0) is 12.8. The van der Waals surface area contributed by atoms with Gasteiger partial charge in [-0.2, -0.15) is 0 Å². The van der Waals surface area contributed by atoms with Crippen LogP contribution < -0.4 is 4.90 Å². The van der Waals surface area contributed by atoms with E-state index in [0.29, 0.717) is 6.61 Å². The summed E-state index contributed by atoms with van der Waals surface area (Å²) in [6.07, 6.45) is 2.10. The SMILES string of the molecule is CCOC(=O)C1CCC[NH+](Cc2ccccc2)C1. The topological polar surface area (TPSA) is 30.7 Å². The number of likely N-dealkylation sites (tertiary alicyclic amines) is 1. The van der Waals surface area contributed by atoms with E-state index in [0.717, 1.165) is 32.5 Å². The number of carbonyl (C=O) groups is 1. The molecule has 3 heteroatoms. The summed E-state index contributed by atoms with van der Waals surface area (Å²) in [4.78, 5) is 13.3. The molecule has 2 rings (SSSR count). The molecule has 1 fully saturated rings. The number of carbonyl (C=O) groups excluding carboxylic acids is 1. The van der Waals surface area contributed by atoms with E-state index in [2.05, 4.69) is 24.3 Å². The van der Waals surface area contributed by atoms with Crippen LogP contribution in [0.4, 0.5) is 0 Å². The summed E-state index contributed by atoms with van der Waals surface area (Å²) in [6, 6.07) is 10.5. The van der Waals surface area contributed by atoms with Gasteiger partial charge in [-0.15, -0.1) is 0 Å². The summed E-state index contributed by atoms with van der Waals surface area (Å²) < 4.78 is 5.13. The van der Waals surface area contributed by atoms with Crippen molar-refractivity contribution in [1.29, 1.82) is 0 Å². The summed E-state index contributed by atoms with van der Waals surface area (Å²) in [5.74, 6) is 0.0835. The van der Waals surface area contributed by atoms with Crippen LogP contribution in [0.5, 0.6) is 0 Å². The Bertz CT molecular complexity index is 377. The Hall–Kier alpha value is -1.35. The molecular weight excluding hydrogens is 226 g/mol. The van der Waals surface area contributed by atoms with Crippen LogP contribution >= 0.6 is 0 Å². The molecule has 0 aliphatic carbocycles. The molecule has 0 radical (unpaired) electrons. The van der Waals surface area contributed by atoms with Gasteiger partial charge in [0.1, 0.15) is 12.5 Å². The van der Waals surface area contributed by atoms with E-state index in [9.17, 15) is 4.79 Å². The van der Waals surface area contributed by atoms with E-state index in [-0.39, 0.29) is 11.9 Å². The maximum absolute atomic E-state index is 11.8. The second-order valence-electron chi connectivity index (χ2n) is 4.96. The Morgan fingerprint density at radius 1 is 1.39 bits per heavy atom. The van der Waals surface area contributed by atoms with Crippen molar-refractivity contribution in [2.45, 2.75) is 26.3 Å². The van der Waals surface area contributed by atoms with Crippen molar-refractivity contribution in [2.24, 2.45) is 5.92 Å². The lowest BCUT2D eigenvalue weighted by atomic mass is 9.98. The van der Waals surface area contributed by atoms with Crippen LogP contribution in [0, 0.1) is 5.92 Å². The fourth-order valence-electron chi connectivity index (χ4n) is 2.66. The number of benzene rings is 1. The predicted octanol–water partition coefficient (Wildman–Crippen LogP) is 1.04. The van der Waals surface area contributed by atoms with Crippen LogP contribution in [-0.4, -0.2) is 25.7 Å². The number of ether oxygens (including phenoxy) is 1. The third kappa shape index (κ3) is 3.57. The molecular formula is C15H22NO2+. The minimum atomic E-state index is -0.0113. The van der Waals surface area contributed by atoms with Crippen molar-refractivity contribution in [1.82, 2.24) is 0 Å². The molecule has 1 aromatic rings. The van der Waals surface area contributed by atoms with Gasteiger partial charge in [-0.3, -0.25) is 4.79 Å². The van der Waals surface area contributed by atoms with Gasteiger partial charge in [0.15, 0.2) is 0 Å². The van der Waals surface area contributed by atoms with Crippen LogP contribution in [-0.2, 0) is 16.1 Å². The molecule has 3 nitrogen and oxygen atoms in total. The fraction of sp³-hybridized carbons (Fsp3) is 0.533. The molecule has 0 amide bonds. The average molecular weight is 248 g/mol. The first kappa shape index (κ1) is 13.1. The van der Waals surface area contributed by atoms with Crippen molar-refractivity contribution >= 4 is 5.97 Å². The van der Waals surface area contributed by atoms with Gasteiger partial charge in [0.05, 0.1) is 19.7 Å². The van der Waals surface area contributed by atoms with Gasteiger partial charge in [-0.25, -0.2) is 0 Å². The van der Waals surface area contributed by atoms with E-state index in [1.54, 1.807) is 0 Å². The van der Waals surface area contributed by atoms with E-state index in [4.69, 9.17) is 4.74 Å². The van der Waals surface area contributed by atoms with Crippen LogP contribution in [0.15, 0.2) is 30.3 Å². The van der Waals surface area contributed by atoms with Crippen molar-refractivity contribution in [2.75, 3.05) is 19.7 Å². The molecule has 0 saturated carbocycles. The lowest BCUT2D eigenvalue weighted by Gasteiger charge is -2.28. The third-order valence-corrected chi connectivity index (χ3v) is 3.53. The maximum Gasteiger partial charge on any atom is 0.314 e. The zero-order valence-corrected chi connectivity index (χ0v) is 11.0. The van der Waals surface area contributed by atoms with Gasteiger partial charge in [0.2, 0.25) is 0 Å². The van der Waals surface area contributed by atoms with E-state index in [1.165, 1.54) is 10.5 Å². The normalized spacial score (nSPS) is 23.6. The quantitative estimate of drug-likeness (QED) is 0.807.